The van der Waals surface area contributed by atoms with Gasteiger partial charge in [-0.3, -0.25) is 0 Å². The molecule has 0 amide bonds. The maximum Gasteiger partial charge on any atom is 0.148 e. The average molecular weight is 226 g/mol. The molecule has 0 bridgehead atoms. The summed E-state index contributed by atoms with van der Waals surface area (Å²) in [6.07, 6.45) is 0. The molecule has 2 aromatic rings. The number of nitrogens with two attached hydrogens (primary N) is 1. The summed E-state index contributed by atoms with van der Waals surface area (Å²) in [5.41, 5.74) is 6.58. The Kier molecular flexibility index (Phi) is 2.36. The number of benzene rings is 1. The highest BCUT2D eigenvalue weighted by Crippen LogP contribution is 2.26. The fourth-order valence-corrected chi connectivity index (χ4v) is 1.45. The zero-order valence-electron chi connectivity index (χ0n) is 8.04. The smallest absolute Gasteiger partial charge is 0.148 e. The predicted molar refractivity (Wildman–Crippen MR) is 57.7 cm³/mol. The largest absolute Gasteiger partial charge is 0.382 e. The van der Waals surface area contributed by atoms with Gasteiger partial charge in [0.15, 0.2) is 0 Å². The van der Waals surface area contributed by atoms with Gasteiger partial charge < -0.3 is 5.73 Å². The van der Waals surface area contributed by atoms with Crippen molar-refractivity contribution < 1.29 is 4.39 Å². The predicted octanol–water partition coefficient (Wildman–Crippen LogP) is 2.56. The molecule has 2 N–H and O–H groups in total. The first kappa shape index (κ1) is 9.98. The maximum absolute atomic E-state index is 13.4. The summed E-state index contributed by atoms with van der Waals surface area (Å²) < 4.78 is 14.7. The maximum atomic E-state index is 13.4. The van der Waals surface area contributed by atoms with E-state index >= 15 is 0 Å². The third-order valence-corrected chi connectivity index (χ3v) is 2.57. The van der Waals surface area contributed by atoms with Gasteiger partial charge in [0.2, 0.25) is 0 Å². The molecule has 0 fully saturated rings. The molecule has 15 heavy (non-hydrogen) atoms. The van der Waals surface area contributed by atoms with Gasteiger partial charge in [0.05, 0.1) is 5.69 Å². The monoisotopic (exact) mass is 225 g/mol. The Labute approximate surface area is 91.3 Å². The molecular formula is C10H9ClFN3. The lowest BCUT2D eigenvalue weighted by Crippen LogP contribution is -2.03. The SMILES string of the molecule is Cc1nn(-c2ccccc2F)c(N)c1Cl. The van der Waals surface area contributed by atoms with Gasteiger partial charge in [-0.25, -0.2) is 9.07 Å². The lowest BCUT2D eigenvalue weighted by atomic mass is 10.3. The molecular weight excluding hydrogens is 217 g/mol. The standard InChI is InChI=1S/C10H9ClFN3/c1-6-9(11)10(13)15(14-6)8-5-3-2-4-7(8)12/h2-5H,13H2,1H3. The molecule has 0 saturated carbocycles. The minimum absolute atomic E-state index is 0.249. The van der Waals surface area contributed by atoms with E-state index in [1.807, 2.05) is 0 Å². The summed E-state index contributed by atoms with van der Waals surface area (Å²) in [7, 11) is 0. The van der Waals surface area contributed by atoms with Crippen LogP contribution in [0.4, 0.5) is 10.2 Å². The number of nitrogen functional groups attached to an aromatic ring is 1. The zero-order chi connectivity index (χ0) is 11.0. The lowest BCUT2D eigenvalue weighted by Gasteiger charge is -2.04. The molecule has 0 aliphatic heterocycles. The van der Waals surface area contributed by atoms with Crippen LogP contribution in [0.1, 0.15) is 5.69 Å². The number of hydrogen-bond acceptors (Lipinski definition) is 2. The van der Waals surface area contributed by atoms with E-state index in [-0.39, 0.29) is 11.6 Å². The fraction of sp³-hybridized carbons (Fsp3) is 0.100. The summed E-state index contributed by atoms with van der Waals surface area (Å²) >= 11 is 5.87. The van der Waals surface area contributed by atoms with Gasteiger partial charge in [0.25, 0.3) is 0 Å². The van der Waals surface area contributed by atoms with Gasteiger partial charge in [0, 0.05) is 0 Å². The molecule has 0 atom stereocenters. The molecule has 78 valence electrons. The Balaban J connectivity index is 2.65. The van der Waals surface area contributed by atoms with Crippen LogP contribution in [0.25, 0.3) is 5.69 Å². The molecule has 0 saturated heterocycles. The molecule has 0 aliphatic rings. The van der Waals surface area contributed by atoms with Crippen molar-refractivity contribution >= 4 is 17.4 Å². The highest BCUT2D eigenvalue weighted by atomic mass is 35.5. The second-order valence-corrected chi connectivity index (χ2v) is 3.53. The first-order valence-electron chi connectivity index (χ1n) is 4.36. The average Bonchev–Trinajstić information content (AvgIpc) is 2.47. The molecule has 0 unspecified atom stereocenters. The summed E-state index contributed by atoms with van der Waals surface area (Å²) in [6.45, 7) is 1.72. The second-order valence-electron chi connectivity index (χ2n) is 3.15. The minimum atomic E-state index is -0.386. The summed E-state index contributed by atoms with van der Waals surface area (Å²) in [4.78, 5) is 0. The molecule has 1 aromatic heterocycles. The number of anilines is 1. The number of aryl methyl sites for hydroxylation is 1. The highest BCUT2D eigenvalue weighted by molar-refractivity contribution is 6.33. The Morgan fingerprint density at radius 1 is 1.40 bits per heavy atom. The first-order valence-corrected chi connectivity index (χ1v) is 4.74. The Hall–Kier alpha value is -1.55. The van der Waals surface area contributed by atoms with E-state index in [9.17, 15) is 4.39 Å². The van der Waals surface area contributed by atoms with Crippen molar-refractivity contribution in [1.82, 2.24) is 9.78 Å². The van der Waals surface area contributed by atoms with Crippen LogP contribution in [-0.4, -0.2) is 9.78 Å². The van der Waals surface area contributed by atoms with Crippen LogP contribution in [0.5, 0.6) is 0 Å². The number of hydrogen-bond donors (Lipinski definition) is 1. The fourth-order valence-electron chi connectivity index (χ4n) is 1.33. The van der Waals surface area contributed by atoms with E-state index in [1.54, 1.807) is 25.1 Å². The van der Waals surface area contributed by atoms with Gasteiger partial charge in [-0.1, -0.05) is 23.7 Å². The van der Waals surface area contributed by atoms with Crippen LogP contribution in [0.15, 0.2) is 24.3 Å². The van der Waals surface area contributed by atoms with Crippen LogP contribution in [-0.2, 0) is 0 Å². The highest BCUT2D eigenvalue weighted by Gasteiger charge is 2.13. The van der Waals surface area contributed by atoms with Crippen LogP contribution < -0.4 is 5.73 Å². The van der Waals surface area contributed by atoms with Crippen LogP contribution in [0.2, 0.25) is 5.02 Å². The second kappa shape index (κ2) is 3.55. The molecule has 1 heterocycles. The Morgan fingerprint density at radius 3 is 2.60 bits per heavy atom. The molecule has 1 aromatic carbocycles. The molecule has 2 rings (SSSR count). The van der Waals surface area contributed by atoms with E-state index in [1.165, 1.54) is 10.7 Å². The van der Waals surface area contributed by atoms with Crippen LogP contribution in [0.3, 0.4) is 0 Å². The van der Waals surface area contributed by atoms with Gasteiger partial charge >= 0.3 is 0 Å². The number of aromatic nitrogens is 2. The number of para-hydroxylation sites is 1. The van der Waals surface area contributed by atoms with Crippen molar-refractivity contribution in [3.63, 3.8) is 0 Å². The quantitative estimate of drug-likeness (QED) is 0.811. The van der Waals surface area contributed by atoms with Gasteiger partial charge in [-0.15, -0.1) is 0 Å². The molecule has 5 heteroatoms. The van der Waals surface area contributed by atoms with E-state index in [2.05, 4.69) is 5.10 Å². The summed E-state index contributed by atoms with van der Waals surface area (Å²) in [6, 6.07) is 6.25. The van der Waals surface area contributed by atoms with Crippen LogP contribution in [0, 0.1) is 12.7 Å². The van der Waals surface area contributed by atoms with E-state index < -0.39 is 0 Å². The van der Waals surface area contributed by atoms with E-state index in [4.69, 9.17) is 17.3 Å². The third-order valence-electron chi connectivity index (χ3n) is 2.10. The van der Waals surface area contributed by atoms with Crippen molar-refractivity contribution in [2.75, 3.05) is 5.73 Å². The molecule has 0 aliphatic carbocycles. The zero-order valence-corrected chi connectivity index (χ0v) is 8.79. The van der Waals surface area contributed by atoms with Crippen LogP contribution >= 0.6 is 11.6 Å². The first-order chi connectivity index (χ1) is 7.11. The summed E-state index contributed by atoms with van der Waals surface area (Å²) in [5.74, 6) is -0.136. The van der Waals surface area contributed by atoms with Crippen molar-refractivity contribution in [2.24, 2.45) is 0 Å². The Bertz CT molecular complexity index is 507. The van der Waals surface area contributed by atoms with E-state index in [0.29, 0.717) is 16.4 Å². The van der Waals surface area contributed by atoms with Gasteiger partial charge in [0.1, 0.15) is 22.3 Å². The number of nitrogens with zero attached hydrogens (tertiary/aromatic N) is 2. The number of halogens is 2. The van der Waals surface area contributed by atoms with Gasteiger partial charge in [-0.2, -0.15) is 5.10 Å². The minimum Gasteiger partial charge on any atom is -0.382 e. The Morgan fingerprint density at radius 2 is 2.07 bits per heavy atom. The number of rotatable bonds is 1. The molecule has 3 nitrogen and oxygen atoms in total. The lowest BCUT2D eigenvalue weighted by molar-refractivity contribution is 0.611. The van der Waals surface area contributed by atoms with Gasteiger partial charge in [-0.05, 0) is 19.1 Å². The summed E-state index contributed by atoms with van der Waals surface area (Å²) in [5, 5.41) is 4.42. The van der Waals surface area contributed by atoms with Crippen molar-refractivity contribution in [3.05, 3.63) is 40.8 Å². The third kappa shape index (κ3) is 1.57. The normalized spacial score (nSPS) is 10.6. The molecule has 0 spiro atoms. The van der Waals surface area contributed by atoms with E-state index in [0.717, 1.165) is 0 Å². The topological polar surface area (TPSA) is 43.8 Å². The van der Waals surface area contributed by atoms with Crippen molar-refractivity contribution in [3.8, 4) is 5.69 Å². The van der Waals surface area contributed by atoms with Crippen molar-refractivity contribution in [2.45, 2.75) is 6.92 Å². The van der Waals surface area contributed by atoms with Crippen molar-refractivity contribution in [1.29, 1.82) is 0 Å². The molecule has 0 radical (unpaired) electrons.